The Morgan fingerprint density at radius 1 is 1.06 bits per heavy atom. The minimum atomic E-state index is 0.496. The first-order valence-corrected chi connectivity index (χ1v) is 10.5. The van der Waals surface area contributed by atoms with Crippen molar-refractivity contribution in [2.75, 3.05) is 20.8 Å². The quantitative estimate of drug-likeness (QED) is 0.314. The van der Waals surface area contributed by atoms with Crippen molar-refractivity contribution >= 4 is 12.2 Å². The van der Waals surface area contributed by atoms with Crippen LogP contribution in [0, 0.1) is 5.92 Å². The predicted octanol–water partition coefficient (Wildman–Crippen LogP) is 5.71. The predicted molar refractivity (Wildman–Crippen MR) is 125 cm³/mol. The second-order valence-corrected chi connectivity index (χ2v) is 7.64. The molecule has 0 unspecified atom stereocenters. The number of hydrogen-bond donors (Lipinski definition) is 0. The van der Waals surface area contributed by atoms with Gasteiger partial charge in [-0.25, -0.2) is 4.98 Å². The van der Waals surface area contributed by atoms with Gasteiger partial charge in [-0.1, -0.05) is 36.9 Å². The van der Waals surface area contributed by atoms with Crippen LogP contribution in [0.4, 0.5) is 0 Å². The number of ether oxygens (including phenoxy) is 3. The molecule has 0 aliphatic heterocycles. The summed E-state index contributed by atoms with van der Waals surface area (Å²) in [6, 6.07) is 11.9. The van der Waals surface area contributed by atoms with Gasteiger partial charge in [0.15, 0.2) is 0 Å². The van der Waals surface area contributed by atoms with E-state index in [-0.39, 0.29) is 0 Å². The van der Waals surface area contributed by atoms with Crippen molar-refractivity contribution in [1.29, 1.82) is 0 Å². The molecule has 1 saturated carbocycles. The molecule has 0 radical (unpaired) electrons. The minimum absolute atomic E-state index is 0.496. The summed E-state index contributed by atoms with van der Waals surface area (Å²) < 4.78 is 19.0. The van der Waals surface area contributed by atoms with Crippen LogP contribution in [0.3, 0.4) is 0 Å². The van der Waals surface area contributed by atoms with Gasteiger partial charge in [-0.2, -0.15) is 0 Å². The molecule has 160 valence electrons. The molecule has 5 nitrogen and oxygen atoms in total. The molecule has 3 aromatic rings. The Labute approximate surface area is 183 Å². The minimum Gasteiger partial charge on any atom is -0.497 e. The zero-order valence-electron chi connectivity index (χ0n) is 18.1. The van der Waals surface area contributed by atoms with E-state index in [9.17, 15) is 0 Å². The number of benzene rings is 2. The molecule has 0 spiro atoms. The van der Waals surface area contributed by atoms with Crippen molar-refractivity contribution in [1.82, 2.24) is 9.55 Å². The third-order valence-corrected chi connectivity index (χ3v) is 5.36. The second kappa shape index (κ2) is 9.56. The molecule has 0 N–H and O–H groups in total. The number of rotatable bonds is 10. The SMILES string of the molecule is C=CCOc1ccc(C=Cc2cc(OC)cc(OC)c2-c2nccn2CC2CC2)cc1. The molecule has 1 fully saturated rings. The Hall–Kier alpha value is -3.47. The summed E-state index contributed by atoms with van der Waals surface area (Å²) in [5, 5.41) is 0. The summed E-state index contributed by atoms with van der Waals surface area (Å²) in [5.74, 6) is 3.98. The lowest BCUT2D eigenvalue weighted by atomic mass is 10.0. The molecule has 0 saturated heterocycles. The van der Waals surface area contributed by atoms with Gasteiger partial charge in [0, 0.05) is 25.0 Å². The molecule has 1 aliphatic rings. The lowest BCUT2D eigenvalue weighted by molar-refractivity contribution is 0.363. The van der Waals surface area contributed by atoms with Gasteiger partial charge in [0.05, 0.1) is 19.8 Å². The van der Waals surface area contributed by atoms with Crippen molar-refractivity contribution in [2.45, 2.75) is 19.4 Å². The van der Waals surface area contributed by atoms with Crippen LogP contribution in [0.2, 0.25) is 0 Å². The standard InChI is InChI=1S/C26H28N2O3/c1-4-15-31-22-11-8-19(9-12-22)7-10-21-16-23(29-2)17-24(30-3)25(21)26-27-13-14-28(26)18-20-5-6-20/h4,7-14,16-17,20H,1,5-6,15,18H2,2-3H3. The van der Waals surface area contributed by atoms with Crippen molar-refractivity contribution in [3.63, 3.8) is 0 Å². The van der Waals surface area contributed by atoms with Gasteiger partial charge in [0.1, 0.15) is 29.7 Å². The highest BCUT2D eigenvalue weighted by Crippen LogP contribution is 2.39. The van der Waals surface area contributed by atoms with E-state index in [1.54, 1.807) is 20.3 Å². The highest BCUT2D eigenvalue weighted by Gasteiger charge is 2.24. The summed E-state index contributed by atoms with van der Waals surface area (Å²) in [4.78, 5) is 4.67. The maximum absolute atomic E-state index is 5.74. The van der Waals surface area contributed by atoms with Gasteiger partial charge in [0.25, 0.3) is 0 Å². The zero-order chi connectivity index (χ0) is 21.6. The molecule has 1 aliphatic carbocycles. The highest BCUT2D eigenvalue weighted by molar-refractivity contribution is 5.83. The summed E-state index contributed by atoms with van der Waals surface area (Å²) in [6.07, 6.45) is 12.4. The fourth-order valence-electron chi connectivity index (χ4n) is 3.54. The van der Waals surface area contributed by atoms with Crippen molar-refractivity contribution in [3.05, 3.63) is 72.6 Å². The van der Waals surface area contributed by atoms with E-state index in [2.05, 4.69) is 28.3 Å². The van der Waals surface area contributed by atoms with E-state index in [1.807, 2.05) is 48.8 Å². The summed E-state index contributed by atoms with van der Waals surface area (Å²) >= 11 is 0. The summed E-state index contributed by atoms with van der Waals surface area (Å²) in [6.45, 7) is 5.16. The molecular formula is C26H28N2O3. The van der Waals surface area contributed by atoms with Crippen molar-refractivity contribution in [3.8, 4) is 28.6 Å². The molecule has 5 heteroatoms. The van der Waals surface area contributed by atoms with E-state index >= 15 is 0 Å². The summed E-state index contributed by atoms with van der Waals surface area (Å²) in [5.41, 5.74) is 3.03. The monoisotopic (exact) mass is 416 g/mol. The van der Waals surface area contributed by atoms with E-state index in [0.717, 1.165) is 52.2 Å². The molecule has 4 rings (SSSR count). The number of imidazole rings is 1. The number of methoxy groups -OCH3 is 2. The van der Waals surface area contributed by atoms with Gasteiger partial charge >= 0.3 is 0 Å². The molecule has 0 atom stereocenters. The molecule has 0 bridgehead atoms. The molecule has 0 amide bonds. The van der Waals surface area contributed by atoms with E-state index in [0.29, 0.717) is 6.61 Å². The average Bonchev–Trinajstić information content (AvgIpc) is 3.51. The Kier molecular flexibility index (Phi) is 6.41. The highest BCUT2D eigenvalue weighted by atomic mass is 16.5. The maximum Gasteiger partial charge on any atom is 0.144 e. The van der Waals surface area contributed by atoms with Crippen LogP contribution in [-0.2, 0) is 6.54 Å². The lowest BCUT2D eigenvalue weighted by Crippen LogP contribution is -2.04. The normalized spacial score (nSPS) is 13.4. The Bertz CT molecular complexity index is 1060. The van der Waals surface area contributed by atoms with Crippen molar-refractivity contribution < 1.29 is 14.2 Å². The Morgan fingerprint density at radius 3 is 2.55 bits per heavy atom. The number of aromatic nitrogens is 2. The van der Waals surface area contributed by atoms with E-state index in [4.69, 9.17) is 14.2 Å². The average molecular weight is 417 g/mol. The third kappa shape index (κ3) is 5.00. The Balaban J connectivity index is 1.70. The van der Waals surface area contributed by atoms with Crippen LogP contribution in [0.15, 0.2) is 61.4 Å². The van der Waals surface area contributed by atoms with Gasteiger partial charge < -0.3 is 18.8 Å². The Morgan fingerprint density at radius 2 is 1.87 bits per heavy atom. The molecule has 2 aromatic carbocycles. The molecular weight excluding hydrogens is 388 g/mol. The lowest BCUT2D eigenvalue weighted by Gasteiger charge is -2.15. The van der Waals surface area contributed by atoms with Gasteiger partial charge in [0.2, 0.25) is 0 Å². The van der Waals surface area contributed by atoms with Crippen LogP contribution in [0.1, 0.15) is 24.0 Å². The van der Waals surface area contributed by atoms with Gasteiger partial charge in [-0.3, -0.25) is 0 Å². The van der Waals surface area contributed by atoms with Gasteiger partial charge in [-0.15, -0.1) is 0 Å². The largest absolute Gasteiger partial charge is 0.497 e. The molecule has 1 heterocycles. The van der Waals surface area contributed by atoms with Gasteiger partial charge in [-0.05, 0) is 48.1 Å². The first-order chi connectivity index (χ1) is 15.2. The molecule has 31 heavy (non-hydrogen) atoms. The van der Waals surface area contributed by atoms with Crippen LogP contribution in [-0.4, -0.2) is 30.4 Å². The topological polar surface area (TPSA) is 45.5 Å². The van der Waals surface area contributed by atoms with E-state index in [1.165, 1.54) is 12.8 Å². The van der Waals surface area contributed by atoms with Crippen molar-refractivity contribution in [2.24, 2.45) is 5.92 Å². The smallest absolute Gasteiger partial charge is 0.144 e. The van der Waals surface area contributed by atoms with Crippen LogP contribution < -0.4 is 14.2 Å². The van der Waals surface area contributed by atoms with Crippen LogP contribution >= 0.6 is 0 Å². The van der Waals surface area contributed by atoms with Crippen LogP contribution in [0.25, 0.3) is 23.5 Å². The number of hydrogen-bond acceptors (Lipinski definition) is 4. The first-order valence-electron chi connectivity index (χ1n) is 10.5. The first kappa shape index (κ1) is 20.8. The fraction of sp³-hybridized carbons (Fsp3) is 0.269. The number of nitrogens with zero attached hydrogens (tertiary/aromatic N) is 2. The van der Waals surface area contributed by atoms with E-state index < -0.39 is 0 Å². The maximum atomic E-state index is 5.74. The summed E-state index contributed by atoms with van der Waals surface area (Å²) in [7, 11) is 3.35. The third-order valence-electron chi connectivity index (χ3n) is 5.36. The zero-order valence-corrected chi connectivity index (χ0v) is 18.1. The fourth-order valence-corrected chi connectivity index (χ4v) is 3.54. The van der Waals surface area contributed by atoms with Crippen LogP contribution in [0.5, 0.6) is 17.2 Å². The molecule has 1 aromatic heterocycles. The second-order valence-electron chi connectivity index (χ2n) is 7.64.